The number of benzene rings is 1. The molecule has 1 atom stereocenters. The number of nitrogens with one attached hydrogen (secondary N) is 1. The minimum Gasteiger partial charge on any atom is -0.342 e. The molecular formula is C22H30FN5O2. The van der Waals surface area contributed by atoms with E-state index in [-0.39, 0.29) is 23.7 Å². The fraction of sp³-hybridized carbons (Fsp3) is 0.500. The highest BCUT2D eigenvalue weighted by molar-refractivity contribution is 5.80. The summed E-state index contributed by atoms with van der Waals surface area (Å²) in [5, 5.41) is 3.06. The third-order valence-electron chi connectivity index (χ3n) is 5.76. The molecule has 30 heavy (non-hydrogen) atoms. The molecule has 3 amide bonds. The van der Waals surface area contributed by atoms with Gasteiger partial charge in [0.1, 0.15) is 17.7 Å². The Hall–Kier alpha value is -2.90. The highest BCUT2D eigenvalue weighted by atomic mass is 19.1. The van der Waals surface area contributed by atoms with Gasteiger partial charge >= 0.3 is 6.03 Å². The number of piperidine rings is 1. The first-order valence-corrected chi connectivity index (χ1v) is 10.5. The lowest BCUT2D eigenvalue weighted by molar-refractivity contribution is -0.126. The van der Waals surface area contributed by atoms with Crippen LogP contribution in [0.3, 0.4) is 0 Å². The summed E-state index contributed by atoms with van der Waals surface area (Å²) in [7, 11) is 1.85. The molecule has 1 N–H and O–H groups in total. The van der Waals surface area contributed by atoms with Gasteiger partial charge in [-0.2, -0.15) is 0 Å². The second-order valence-corrected chi connectivity index (χ2v) is 7.61. The molecule has 0 radical (unpaired) electrons. The highest BCUT2D eigenvalue weighted by Gasteiger charge is 2.31. The first kappa shape index (κ1) is 21.8. The van der Waals surface area contributed by atoms with Crippen LogP contribution in [0.15, 0.2) is 36.7 Å². The van der Waals surface area contributed by atoms with Gasteiger partial charge in [0.05, 0.1) is 0 Å². The summed E-state index contributed by atoms with van der Waals surface area (Å²) in [6.45, 7) is 6.39. The molecule has 1 aromatic carbocycles. The van der Waals surface area contributed by atoms with E-state index in [9.17, 15) is 14.0 Å². The first-order chi connectivity index (χ1) is 14.4. The molecule has 1 aliphatic rings. The molecule has 0 aliphatic carbocycles. The van der Waals surface area contributed by atoms with Gasteiger partial charge in [0, 0.05) is 51.5 Å². The van der Waals surface area contributed by atoms with E-state index in [1.165, 1.54) is 12.1 Å². The summed E-state index contributed by atoms with van der Waals surface area (Å²) in [5.74, 6) is -0.00319. The van der Waals surface area contributed by atoms with E-state index >= 15 is 0 Å². The number of carbonyl (C=O) groups excluding carboxylic acids is 2. The van der Waals surface area contributed by atoms with Gasteiger partial charge in [-0.1, -0.05) is 12.1 Å². The molecule has 1 saturated heterocycles. The van der Waals surface area contributed by atoms with E-state index in [2.05, 4.69) is 10.3 Å². The molecule has 1 fully saturated rings. The fourth-order valence-electron chi connectivity index (χ4n) is 3.93. The molecule has 162 valence electrons. The van der Waals surface area contributed by atoms with Crippen LogP contribution in [0.5, 0.6) is 0 Å². The molecule has 1 aromatic heterocycles. The number of aryl methyl sites for hydroxylation is 1. The number of hydrogen-bond acceptors (Lipinski definition) is 3. The third-order valence-corrected chi connectivity index (χ3v) is 5.76. The molecule has 1 aliphatic heterocycles. The predicted molar refractivity (Wildman–Crippen MR) is 112 cm³/mol. The third kappa shape index (κ3) is 4.80. The van der Waals surface area contributed by atoms with Crippen molar-refractivity contribution in [2.75, 3.05) is 26.2 Å². The molecule has 7 nitrogen and oxygen atoms in total. The molecule has 3 rings (SSSR count). The summed E-state index contributed by atoms with van der Waals surface area (Å²) in [6, 6.07) is 5.71. The minimum atomic E-state index is -0.538. The van der Waals surface area contributed by atoms with Crippen molar-refractivity contribution in [3.8, 4) is 0 Å². The Morgan fingerprint density at radius 1 is 1.27 bits per heavy atom. The van der Waals surface area contributed by atoms with Crippen LogP contribution in [0.2, 0.25) is 0 Å². The normalized spacial score (nSPS) is 15.7. The number of hydrogen-bond donors (Lipinski definition) is 1. The number of nitrogens with zero attached hydrogens (tertiary/aromatic N) is 4. The average molecular weight is 416 g/mol. The zero-order chi connectivity index (χ0) is 21.7. The van der Waals surface area contributed by atoms with Gasteiger partial charge in [-0.25, -0.2) is 14.2 Å². The van der Waals surface area contributed by atoms with Crippen molar-refractivity contribution in [3.05, 3.63) is 53.9 Å². The van der Waals surface area contributed by atoms with Crippen LogP contribution in [0.4, 0.5) is 9.18 Å². The second kappa shape index (κ2) is 9.73. The Balaban J connectivity index is 1.69. The van der Waals surface area contributed by atoms with Crippen LogP contribution in [0.25, 0.3) is 0 Å². The van der Waals surface area contributed by atoms with Gasteiger partial charge in [0.25, 0.3) is 0 Å². The lowest BCUT2D eigenvalue weighted by Gasteiger charge is -2.35. The zero-order valence-electron chi connectivity index (χ0n) is 17.8. The quantitative estimate of drug-likeness (QED) is 0.789. The highest BCUT2D eigenvalue weighted by Crippen LogP contribution is 2.24. The number of imidazole rings is 1. The number of halogens is 1. The van der Waals surface area contributed by atoms with Crippen LogP contribution in [-0.4, -0.2) is 57.5 Å². The molecule has 1 unspecified atom stereocenters. The van der Waals surface area contributed by atoms with Crippen molar-refractivity contribution in [1.29, 1.82) is 0 Å². The van der Waals surface area contributed by atoms with E-state index in [0.29, 0.717) is 50.4 Å². The maximum Gasteiger partial charge on any atom is 0.319 e. The Labute approximate surface area is 176 Å². The second-order valence-electron chi connectivity index (χ2n) is 7.61. The Kier molecular flexibility index (Phi) is 7.07. The molecule has 0 bridgehead atoms. The zero-order valence-corrected chi connectivity index (χ0v) is 17.8. The number of aromatic nitrogens is 2. The molecule has 0 spiro atoms. The van der Waals surface area contributed by atoms with E-state index in [1.807, 2.05) is 30.4 Å². The van der Waals surface area contributed by atoms with Crippen LogP contribution < -0.4 is 5.32 Å². The molecule has 8 heteroatoms. The molecular weight excluding hydrogens is 385 g/mol. The summed E-state index contributed by atoms with van der Waals surface area (Å²) in [6.07, 6.45) is 4.67. The maximum atomic E-state index is 13.8. The molecule has 2 aromatic rings. The summed E-state index contributed by atoms with van der Waals surface area (Å²) in [5.41, 5.74) is 0.645. The first-order valence-electron chi connectivity index (χ1n) is 10.5. The van der Waals surface area contributed by atoms with Crippen molar-refractivity contribution < 1.29 is 14.0 Å². The lowest BCUT2D eigenvalue weighted by atomic mass is 9.95. The van der Waals surface area contributed by atoms with E-state index < -0.39 is 6.04 Å². The van der Waals surface area contributed by atoms with Crippen LogP contribution >= 0.6 is 0 Å². The number of carbonyl (C=O) groups is 2. The SMILES string of the molecule is CCN(CC)C(=O)N1CCC(C(=O)NC(c2cccc(F)c2)c2nccn2C)CC1. The van der Waals surface area contributed by atoms with Gasteiger partial charge in [-0.3, -0.25) is 4.79 Å². The van der Waals surface area contributed by atoms with E-state index in [1.54, 1.807) is 29.4 Å². The van der Waals surface area contributed by atoms with Crippen molar-refractivity contribution >= 4 is 11.9 Å². The molecule has 0 saturated carbocycles. The lowest BCUT2D eigenvalue weighted by Crippen LogP contribution is -2.48. The van der Waals surface area contributed by atoms with Gasteiger partial charge in [-0.15, -0.1) is 0 Å². The standard InChI is InChI=1S/C22H30FN5O2/c1-4-27(5-2)22(30)28-12-9-16(10-13-28)21(29)25-19(20-24-11-14-26(20)3)17-7-6-8-18(23)15-17/h6-8,11,14-16,19H,4-5,9-10,12-13H2,1-3H3,(H,25,29). The average Bonchev–Trinajstić information content (AvgIpc) is 3.18. The Bertz CT molecular complexity index is 872. The number of amides is 3. The van der Waals surface area contributed by atoms with Crippen molar-refractivity contribution in [1.82, 2.24) is 24.7 Å². The van der Waals surface area contributed by atoms with Crippen molar-refractivity contribution in [2.24, 2.45) is 13.0 Å². The Morgan fingerprint density at radius 3 is 2.53 bits per heavy atom. The molecule has 2 heterocycles. The number of likely N-dealkylation sites (tertiary alicyclic amines) is 1. The monoisotopic (exact) mass is 415 g/mol. The Morgan fingerprint density at radius 2 is 1.97 bits per heavy atom. The number of urea groups is 1. The van der Waals surface area contributed by atoms with Crippen LogP contribution in [-0.2, 0) is 11.8 Å². The largest absolute Gasteiger partial charge is 0.342 e. The maximum absolute atomic E-state index is 13.8. The summed E-state index contributed by atoms with van der Waals surface area (Å²) < 4.78 is 15.6. The van der Waals surface area contributed by atoms with Gasteiger partial charge in [0.2, 0.25) is 5.91 Å². The topological polar surface area (TPSA) is 70.5 Å². The summed E-state index contributed by atoms with van der Waals surface area (Å²) >= 11 is 0. The van der Waals surface area contributed by atoms with E-state index in [4.69, 9.17) is 0 Å². The van der Waals surface area contributed by atoms with Crippen LogP contribution in [0, 0.1) is 11.7 Å². The van der Waals surface area contributed by atoms with Crippen molar-refractivity contribution in [2.45, 2.75) is 32.7 Å². The number of rotatable bonds is 6. The van der Waals surface area contributed by atoms with Gasteiger partial charge < -0.3 is 19.7 Å². The van der Waals surface area contributed by atoms with E-state index in [0.717, 1.165) is 0 Å². The van der Waals surface area contributed by atoms with Crippen molar-refractivity contribution in [3.63, 3.8) is 0 Å². The van der Waals surface area contributed by atoms with Gasteiger partial charge in [-0.05, 0) is 44.4 Å². The summed E-state index contributed by atoms with van der Waals surface area (Å²) in [4.78, 5) is 33.5. The minimum absolute atomic E-state index is 0.0319. The fourth-order valence-corrected chi connectivity index (χ4v) is 3.93. The van der Waals surface area contributed by atoms with Crippen LogP contribution in [0.1, 0.15) is 44.1 Å². The predicted octanol–water partition coefficient (Wildman–Crippen LogP) is 2.94. The van der Waals surface area contributed by atoms with Gasteiger partial charge in [0.15, 0.2) is 0 Å². The smallest absolute Gasteiger partial charge is 0.319 e.